The van der Waals surface area contributed by atoms with E-state index in [9.17, 15) is 9.59 Å². The summed E-state index contributed by atoms with van der Waals surface area (Å²) < 4.78 is 7.31. The number of aromatic amines is 1. The Labute approximate surface area is 186 Å². The fourth-order valence-electron chi connectivity index (χ4n) is 4.91. The number of fused-ring (bicyclic) bond motifs is 1. The van der Waals surface area contributed by atoms with Gasteiger partial charge in [0.25, 0.3) is 5.56 Å². The Morgan fingerprint density at radius 2 is 1.88 bits per heavy atom. The third kappa shape index (κ3) is 3.32. The third-order valence-electron chi connectivity index (χ3n) is 6.68. The van der Waals surface area contributed by atoms with E-state index >= 15 is 0 Å². The van der Waals surface area contributed by atoms with Crippen LogP contribution >= 0.6 is 0 Å². The molecule has 2 aromatic heterocycles. The molecule has 1 N–H and O–H groups in total. The molecule has 2 aliphatic rings. The Kier molecular flexibility index (Phi) is 5.11. The number of nitrogens with zero attached hydrogens (tertiary/aromatic N) is 5. The van der Waals surface area contributed by atoms with Gasteiger partial charge in [0, 0.05) is 44.9 Å². The second-order valence-corrected chi connectivity index (χ2v) is 8.70. The number of hydrogen-bond acceptors (Lipinski definition) is 5. The van der Waals surface area contributed by atoms with Gasteiger partial charge in [-0.15, -0.1) is 0 Å². The Morgan fingerprint density at radius 1 is 1.09 bits per heavy atom. The summed E-state index contributed by atoms with van der Waals surface area (Å²) >= 11 is 0. The van der Waals surface area contributed by atoms with Crippen molar-refractivity contribution in [3.8, 4) is 17.1 Å². The third-order valence-corrected chi connectivity index (χ3v) is 6.68. The van der Waals surface area contributed by atoms with Gasteiger partial charge in [0.05, 0.1) is 18.4 Å². The van der Waals surface area contributed by atoms with Gasteiger partial charge in [-0.05, 0) is 25.0 Å². The van der Waals surface area contributed by atoms with E-state index in [2.05, 4.69) is 10.1 Å². The van der Waals surface area contributed by atoms with Crippen LogP contribution in [0.5, 0.6) is 5.75 Å². The van der Waals surface area contributed by atoms with Crippen LogP contribution in [0.1, 0.15) is 43.7 Å². The number of nitrogens with one attached hydrogen (secondary N) is 1. The number of benzene rings is 1. The average Bonchev–Trinajstić information content (AvgIpc) is 3.33. The zero-order chi connectivity index (χ0) is 22.4. The van der Waals surface area contributed by atoms with E-state index in [1.165, 1.54) is 19.3 Å². The minimum absolute atomic E-state index is 0.0436. The molecular weight excluding hydrogens is 408 g/mol. The van der Waals surface area contributed by atoms with Crippen molar-refractivity contribution in [2.75, 3.05) is 32.1 Å². The number of anilines is 1. The van der Waals surface area contributed by atoms with Crippen molar-refractivity contribution in [1.29, 1.82) is 0 Å². The maximum Gasteiger partial charge on any atom is 0.324 e. The summed E-state index contributed by atoms with van der Waals surface area (Å²) in [7, 11) is 5.19. The van der Waals surface area contributed by atoms with Gasteiger partial charge in [0.1, 0.15) is 17.0 Å². The molecule has 0 unspecified atom stereocenters. The van der Waals surface area contributed by atoms with Gasteiger partial charge < -0.3 is 14.6 Å². The Hall–Kier alpha value is -3.36. The van der Waals surface area contributed by atoms with Gasteiger partial charge in [-0.3, -0.25) is 9.69 Å². The molecule has 0 radical (unpaired) electrons. The standard InChI is InChI=1S/C23H28N6O3/c1-27-11-12-29(23(27)31)15-9-10-16(17(13-15)32-3)20-24-21-18(22(30)25-20)19(26-28(21)2)14-7-5-4-6-8-14/h9-10,13-14H,4-8,11-12H2,1-3H3,(H,24,25,30). The van der Waals surface area contributed by atoms with Crippen molar-refractivity contribution in [3.05, 3.63) is 34.2 Å². The van der Waals surface area contributed by atoms with Crippen LogP contribution in [0, 0.1) is 0 Å². The summed E-state index contributed by atoms with van der Waals surface area (Å²) in [6.45, 7) is 1.30. The smallest absolute Gasteiger partial charge is 0.324 e. The predicted octanol–water partition coefficient (Wildman–Crippen LogP) is 3.25. The van der Waals surface area contributed by atoms with Gasteiger partial charge >= 0.3 is 6.03 Å². The molecule has 0 spiro atoms. The molecular formula is C23H28N6O3. The van der Waals surface area contributed by atoms with Crippen LogP contribution in [0.3, 0.4) is 0 Å². The number of aromatic nitrogens is 4. The monoisotopic (exact) mass is 436 g/mol. The van der Waals surface area contributed by atoms with Crippen LogP contribution in [0.15, 0.2) is 23.0 Å². The van der Waals surface area contributed by atoms with Gasteiger partial charge in [0.15, 0.2) is 5.65 Å². The van der Waals surface area contributed by atoms with E-state index in [1.54, 1.807) is 28.6 Å². The highest BCUT2D eigenvalue weighted by Crippen LogP contribution is 2.36. The summed E-state index contributed by atoms with van der Waals surface area (Å²) in [4.78, 5) is 36.6. The maximum atomic E-state index is 13.2. The van der Waals surface area contributed by atoms with Crippen molar-refractivity contribution in [1.82, 2.24) is 24.6 Å². The first-order chi connectivity index (χ1) is 15.5. The predicted molar refractivity (Wildman–Crippen MR) is 122 cm³/mol. The molecule has 0 bridgehead atoms. The second kappa shape index (κ2) is 7.96. The molecule has 0 atom stereocenters. The molecule has 2 amide bonds. The van der Waals surface area contributed by atoms with Crippen LogP contribution in [0.25, 0.3) is 22.4 Å². The maximum absolute atomic E-state index is 13.2. The summed E-state index contributed by atoms with van der Waals surface area (Å²) in [5.41, 5.74) is 2.67. The zero-order valence-corrected chi connectivity index (χ0v) is 18.7. The lowest BCUT2D eigenvalue weighted by Crippen LogP contribution is -2.29. The Balaban J connectivity index is 1.57. The van der Waals surface area contributed by atoms with Crippen LogP contribution in [0.2, 0.25) is 0 Å². The first-order valence-electron chi connectivity index (χ1n) is 11.2. The number of amides is 2. The van der Waals surface area contributed by atoms with Crippen LogP contribution in [0.4, 0.5) is 10.5 Å². The molecule has 2 fully saturated rings. The molecule has 1 saturated carbocycles. The van der Waals surface area contributed by atoms with Crippen molar-refractivity contribution in [2.45, 2.75) is 38.0 Å². The number of hydrogen-bond donors (Lipinski definition) is 1. The molecule has 9 heteroatoms. The molecule has 9 nitrogen and oxygen atoms in total. The van der Waals surface area contributed by atoms with E-state index in [0.29, 0.717) is 47.2 Å². The Morgan fingerprint density at radius 3 is 2.56 bits per heavy atom. The number of likely N-dealkylation sites (N-methyl/N-ethyl adjacent to an activating group) is 1. The number of aryl methyl sites for hydroxylation is 1. The lowest BCUT2D eigenvalue weighted by atomic mass is 9.86. The largest absolute Gasteiger partial charge is 0.496 e. The molecule has 1 aromatic carbocycles. The number of H-pyrrole nitrogens is 1. The molecule has 1 saturated heterocycles. The van der Waals surface area contributed by atoms with Crippen molar-refractivity contribution in [3.63, 3.8) is 0 Å². The van der Waals surface area contributed by atoms with E-state index in [-0.39, 0.29) is 11.6 Å². The van der Waals surface area contributed by atoms with E-state index in [4.69, 9.17) is 9.72 Å². The molecule has 5 rings (SSSR count). The SMILES string of the molecule is COc1cc(N2CCN(C)C2=O)ccc1-c1nc2c(c(C3CCCCC3)nn2C)c(=O)[nH]1. The number of methoxy groups -OCH3 is 1. The van der Waals surface area contributed by atoms with Gasteiger partial charge in [0.2, 0.25) is 0 Å². The number of ether oxygens (including phenoxy) is 1. The quantitative estimate of drug-likeness (QED) is 0.677. The van der Waals surface area contributed by atoms with Crippen LogP contribution in [-0.2, 0) is 7.05 Å². The van der Waals surface area contributed by atoms with E-state index in [0.717, 1.165) is 24.2 Å². The molecule has 168 valence electrons. The number of carbonyl (C=O) groups excluding carboxylic acids is 1. The summed E-state index contributed by atoms with van der Waals surface area (Å²) in [6, 6.07) is 5.46. The first kappa shape index (κ1) is 20.5. The van der Waals surface area contributed by atoms with E-state index < -0.39 is 0 Å². The number of rotatable bonds is 4. The lowest BCUT2D eigenvalue weighted by Gasteiger charge is -2.19. The van der Waals surface area contributed by atoms with Gasteiger partial charge in [-0.2, -0.15) is 5.10 Å². The molecule has 1 aliphatic heterocycles. The lowest BCUT2D eigenvalue weighted by molar-refractivity contribution is 0.229. The summed E-state index contributed by atoms with van der Waals surface area (Å²) in [5.74, 6) is 1.28. The van der Waals surface area contributed by atoms with Crippen LogP contribution < -0.4 is 15.2 Å². The zero-order valence-electron chi connectivity index (χ0n) is 18.7. The van der Waals surface area contributed by atoms with Crippen molar-refractivity contribution in [2.24, 2.45) is 7.05 Å². The van der Waals surface area contributed by atoms with Gasteiger partial charge in [-0.1, -0.05) is 19.3 Å². The highest BCUT2D eigenvalue weighted by atomic mass is 16.5. The summed E-state index contributed by atoms with van der Waals surface area (Å²) in [6.07, 6.45) is 5.71. The molecule has 1 aliphatic carbocycles. The number of urea groups is 1. The fourth-order valence-corrected chi connectivity index (χ4v) is 4.91. The van der Waals surface area contributed by atoms with Crippen molar-refractivity contribution < 1.29 is 9.53 Å². The minimum Gasteiger partial charge on any atom is -0.496 e. The average molecular weight is 437 g/mol. The first-order valence-corrected chi connectivity index (χ1v) is 11.2. The van der Waals surface area contributed by atoms with Crippen molar-refractivity contribution >= 4 is 22.8 Å². The highest BCUT2D eigenvalue weighted by Gasteiger charge is 2.28. The molecule has 3 aromatic rings. The van der Waals surface area contributed by atoms with Gasteiger partial charge in [-0.25, -0.2) is 14.5 Å². The number of carbonyl (C=O) groups is 1. The second-order valence-electron chi connectivity index (χ2n) is 8.70. The van der Waals surface area contributed by atoms with Crippen LogP contribution in [-0.4, -0.2) is 57.9 Å². The normalized spacial score (nSPS) is 17.5. The molecule has 3 heterocycles. The highest BCUT2D eigenvalue weighted by molar-refractivity contribution is 5.94. The molecule has 32 heavy (non-hydrogen) atoms. The summed E-state index contributed by atoms with van der Waals surface area (Å²) in [5, 5.41) is 5.28. The van der Waals surface area contributed by atoms with E-state index in [1.807, 2.05) is 25.2 Å². The minimum atomic E-state index is -0.179. The topological polar surface area (TPSA) is 96.3 Å². The Bertz CT molecular complexity index is 1240. The fraction of sp³-hybridized carbons (Fsp3) is 0.478.